The van der Waals surface area contributed by atoms with Crippen LogP contribution in [0.3, 0.4) is 0 Å². The van der Waals surface area contributed by atoms with Crippen molar-refractivity contribution in [3.63, 3.8) is 0 Å². The first-order valence-corrected chi connectivity index (χ1v) is 8.63. The number of aromatic hydroxyl groups is 1. The molecule has 0 aromatic heterocycles. The van der Waals surface area contributed by atoms with Gasteiger partial charge in [0.1, 0.15) is 12.6 Å². The SMILES string of the molecule is COc1cc2c(cc1O)C1Cc3ccc(OC)c(OC)c3C[NH+]1CC2. The Labute approximate surface area is 147 Å². The molecular formula is C20H24NO4+. The van der Waals surface area contributed by atoms with Crippen molar-refractivity contribution in [2.75, 3.05) is 27.9 Å². The Bertz CT molecular complexity index is 818. The number of quaternary nitrogens is 1. The number of fused-ring (bicyclic) bond motifs is 4. The van der Waals surface area contributed by atoms with Crippen molar-refractivity contribution in [2.45, 2.75) is 25.4 Å². The summed E-state index contributed by atoms with van der Waals surface area (Å²) in [6, 6.07) is 8.37. The van der Waals surface area contributed by atoms with Gasteiger partial charge in [-0.15, -0.1) is 0 Å². The Hall–Kier alpha value is -2.40. The zero-order valence-electron chi connectivity index (χ0n) is 14.9. The quantitative estimate of drug-likeness (QED) is 0.891. The molecule has 0 bridgehead atoms. The molecule has 4 rings (SSSR count). The van der Waals surface area contributed by atoms with Crippen LogP contribution in [0.15, 0.2) is 24.3 Å². The highest BCUT2D eigenvalue weighted by Gasteiger charge is 2.38. The molecule has 0 saturated carbocycles. The summed E-state index contributed by atoms with van der Waals surface area (Å²) >= 11 is 0. The Morgan fingerprint density at radius 2 is 1.80 bits per heavy atom. The highest BCUT2D eigenvalue weighted by Crippen LogP contribution is 2.39. The van der Waals surface area contributed by atoms with Gasteiger partial charge in [0.15, 0.2) is 23.0 Å². The highest BCUT2D eigenvalue weighted by molar-refractivity contribution is 5.53. The van der Waals surface area contributed by atoms with Gasteiger partial charge in [-0.3, -0.25) is 0 Å². The molecule has 2 aromatic carbocycles. The van der Waals surface area contributed by atoms with Gasteiger partial charge in [-0.1, -0.05) is 6.07 Å². The van der Waals surface area contributed by atoms with E-state index in [1.54, 1.807) is 21.3 Å². The first-order chi connectivity index (χ1) is 12.2. The van der Waals surface area contributed by atoms with E-state index in [0.717, 1.165) is 37.4 Å². The minimum absolute atomic E-state index is 0.223. The van der Waals surface area contributed by atoms with Gasteiger partial charge in [-0.2, -0.15) is 0 Å². The van der Waals surface area contributed by atoms with Gasteiger partial charge in [-0.05, 0) is 29.3 Å². The maximum Gasteiger partial charge on any atom is 0.169 e. The lowest BCUT2D eigenvalue weighted by Gasteiger charge is -2.39. The van der Waals surface area contributed by atoms with Gasteiger partial charge >= 0.3 is 0 Å². The van der Waals surface area contributed by atoms with Crippen LogP contribution in [0, 0.1) is 0 Å². The number of phenols is 1. The number of hydrogen-bond acceptors (Lipinski definition) is 4. The van der Waals surface area contributed by atoms with Gasteiger partial charge in [0, 0.05) is 18.4 Å². The van der Waals surface area contributed by atoms with Gasteiger partial charge in [-0.25, -0.2) is 0 Å². The Balaban J connectivity index is 1.76. The standard InChI is InChI=1S/C20H23NO4/c1-23-18-5-4-12-8-16-14-10-17(22)19(24-2)9-13(14)6-7-21(16)11-15(12)20(18)25-3/h4-5,9-10,16,22H,6-8,11H2,1-3H3/p+1. The number of phenolic OH excluding ortho intramolecular Hbond substituents is 1. The summed E-state index contributed by atoms with van der Waals surface area (Å²) in [5.41, 5.74) is 5.07. The second-order valence-corrected chi connectivity index (χ2v) is 6.75. The Morgan fingerprint density at radius 1 is 1.00 bits per heavy atom. The van der Waals surface area contributed by atoms with Crippen LogP contribution >= 0.6 is 0 Å². The summed E-state index contributed by atoms with van der Waals surface area (Å²) in [5.74, 6) is 2.43. The smallest absolute Gasteiger partial charge is 0.169 e. The normalized spacial score (nSPS) is 20.9. The Kier molecular flexibility index (Phi) is 3.96. The third kappa shape index (κ3) is 2.50. The van der Waals surface area contributed by atoms with Gasteiger partial charge in [0.25, 0.3) is 0 Å². The number of ether oxygens (including phenoxy) is 3. The van der Waals surface area contributed by atoms with Crippen LogP contribution < -0.4 is 19.1 Å². The molecule has 0 amide bonds. The molecule has 2 heterocycles. The molecule has 5 nitrogen and oxygen atoms in total. The fourth-order valence-corrected chi connectivity index (χ4v) is 4.35. The number of methoxy groups -OCH3 is 3. The summed E-state index contributed by atoms with van der Waals surface area (Å²) in [7, 11) is 4.98. The maximum absolute atomic E-state index is 10.2. The minimum atomic E-state index is 0.223. The number of rotatable bonds is 3. The largest absolute Gasteiger partial charge is 0.504 e. The summed E-state index contributed by atoms with van der Waals surface area (Å²) in [4.78, 5) is 1.51. The lowest BCUT2D eigenvalue weighted by Crippen LogP contribution is -3.13. The first-order valence-electron chi connectivity index (χ1n) is 8.63. The van der Waals surface area contributed by atoms with Crippen LogP contribution in [-0.4, -0.2) is 33.0 Å². The molecule has 2 atom stereocenters. The summed E-state index contributed by atoms with van der Waals surface area (Å²) in [5, 5.41) is 10.2. The molecule has 2 aliphatic heterocycles. The second kappa shape index (κ2) is 6.15. The molecule has 0 radical (unpaired) electrons. The maximum atomic E-state index is 10.2. The molecule has 0 aliphatic carbocycles. The molecule has 2 N–H and O–H groups in total. The van der Waals surface area contributed by atoms with Crippen LogP contribution in [0.5, 0.6) is 23.0 Å². The van der Waals surface area contributed by atoms with Crippen molar-refractivity contribution in [3.05, 3.63) is 46.5 Å². The van der Waals surface area contributed by atoms with E-state index >= 15 is 0 Å². The molecule has 0 fully saturated rings. The predicted molar refractivity (Wildman–Crippen MR) is 93.9 cm³/mol. The van der Waals surface area contributed by atoms with E-state index in [2.05, 4.69) is 6.07 Å². The van der Waals surface area contributed by atoms with Crippen LogP contribution in [-0.2, 0) is 19.4 Å². The molecule has 5 heteroatoms. The number of nitrogens with one attached hydrogen (secondary N) is 1. The monoisotopic (exact) mass is 342 g/mol. The minimum Gasteiger partial charge on any atom is -0.504 e. The van der Waals surface area contributed by atoms with Crippen LogP contribution in [0.25, 0.3) is 0 Å². The lowest BCUT2D eigenvalue weighted by molar-refractivity contribution is -0.949. The fraction of sp³-hybridized carbons (Fsp3) is 0.400. The first kappa shape index (κ1) is 16.1. The van der Waals surface area contributed by atoms with Crippen molar-refractivity contribution < 1.29 is 24.2 Å². The van der Waals surface area contributed by atoms with E-state index in [9.17, 15) is 5.11 Å². The van der Waals surface area contributed by atoms with E-state index < -0.39 is 0 Å². The summed E-state index contributed by atoms with van der Waals surface area (Å²) in [6.07, 6.45) is 1.92. The summed E-state index contributed by atoms with van der Waals surface area (Å²) in [6.45, 7) is 1.97. The molecule has 2 unspecified atom stereocenters. The van der Waals surface area contributed by atoms with Crippen molar-refractivity contribution in [2.24, 2.45) is 0 Å². The molecule has 2 aliphatic rings. The molecule has 132 valence electrons. The van der Waals surface area contributed by atoms with E-state index in [1.165, 1.54) is 27.2 Å². The van der Waals surface area contributed by atoms with Gasteiger partial charge < -0.3 is 24.2 Å². The zero-order valence-corrected chi connectivity index (χ0v) is 14.9. The van der Waals surface area contributed by atoms with Crippen molar-refractivity contribution in [1.29, 1.82) is 0 Å². The van der Waals surface area contributed by atoms with Crippen molar-refractivity contribution in [3.8, 4) is 23.0 Å². The van der Waals surface area contributed by atoms with Gasteiger partial charge in [0.05, 0.1) is 33.4 Å². The third-order valence-electron chi connectivity index (χ3n) is 5.60. The van der Waals surface area contributed by atoms with Crippen LogP contribution in [0.4, 0.5) is 0 Å². The molecule has 2 aromatic rings. The average Bonchev–Trinajstić information content (AvgIpc) is 2.65. The third-order valence-corrected chi connectivity index (χ3v) is 5.60. The molecule has 25 heavy (non-hydrogen) atoms. The van der Waals surface area contributed by atoms with Crippen molar-refractivity contribution in [1.82, 2.24) is 0 Å². The van der Waals surface area contributed by atoms with Gasteiger partial charge in [0.2, 0.25) is 0 Å². The molecular weight excluding hydrogens is 318 g/mol. The number of benzene rings is 2. The molecule has 0 saturated heterocycles. The lowest BCUT2D eigenvalue weighted by atomic mass is 9.83. The molecule has 0 spiro atoms. The van der Waals surface area contributed by atoms with Crippen LogP contribution in [0.1, 0.15) is 28.3 Å². The topological polar surface area (TPSA) is 52.4 Å². The Morgan fingerprint density at radius 3 is 2.52 bits per heavy atom. The summed E-state index contributed by atoms with van der Waals surface area (Å²) < 4.78 is 16.4. The predicted octanol–water partition coefficient (Wildman–Crippen LogP) is 1.66. The van der Waals surface area contributed by atoms with E-state index in [-0.39, 0.29) is 5.75 Å². The average molecular weight is 342 g/mol. The zero-order chi connectivity index (χ0) is 17.6. The number of hydrogen-bond donors (Lipinski definition) is 2. The van der Waals surface area contributed by atoms with Crippen molar-refractivity contribution >= 4 is 0 Å². The highest BCUT2D eigenvalue weighted by atomic mass is 16.5. The second-order valence-electron chi connectivity index (χ2n) is 6.75. The van der Waals surface area contributed by atoms with E-state index in [1.807, 2.05) is 18.2 Å². The van der Waals surface area contributed by atoms with Crippen LogP contribution in [0.2, 0.25) is 0 Å². The van der Waals surface area contributed by atoms with E-state index in [0.29, 0.717) is 11.8 Å². The fourth-order valence-electron chi connectivity index (χ4n) is 4.35. The van der Waals surface area contributed by atoms with E-state index in [4.69, 9.17) is 14.2 Å².